The number of halogens is 3. The summed E-state index contributed by atoms with van der Waals surface area (Å²) < 4.78 is 38.9. The molecular weight excluding hydrogens is 273 g/mol. The minimum atomic E-state index is -4.09. The fraction of sp³-hybridized carbons (Fsp3) is 0.769. The van der Waals surface area contributed by atoms with Crippen LogP contribution in [0.2, 0.25) is 0 Å². The first kappa shape index (κ1) is 14.8. The van der Waals surface area contributed by atoms with E-state index in [1.54, 1.807) is 11.3 Å². The van der Waals surface area contributed by atoms with Crippen molar-refractivity contribution in [2.75, 3.05) is 0 Å². The van der Waals surface area contributed by atoms with Gasteiger partial charge < -0.3 is 5.32 Å². The molecule has 2 atom stereocenters. The summed E-state index contributed by atoms with van der Waals surface area (Å²) in [4.78, 5) is 5.34. The molecule has 1 aromatic rings. The molecular formula is C13H19F3N2S. The Balaban J connectivity index is 1.98. The van der Waals surface area contributed by atoms with Crippen LogP contribution in [0.1, 0.15) is 41.3 Å². The van der Waals surface area contributed by atoms with Crippen LogP contribution in [0, 0.1) is 19.8 Å². The second-order valence-electron chi connectivity index (χ2n) is 5.16. The van der Waals surface area contributed by atoms with E-state index >= 15 is 0 Å². The Kier molecular flexibility index (Phi) is 4.50. The van der Waals surface area contributed by atoms with E-state index in [1.807, 2.05) is 13.8 Å². The van der Waals surface area contributed by atoms with E-state index < -0.39 is 18.1 Å². The van der Waals surface area contributed by atoms with E-state index in [4.69, 9.17) is 0 Å². The van der Waals surface area contributed by atoms with Crippen molar-refractivity contribution in [2.24, 2.45) is 5.92 Å². The summed E-state index contributed by atoms with van der Waals surface area (Å²) in [5.74, 6) is -1.20. The molecule has 1 aromatic heterocycles. The Hall–Kier alpha value is -0.620. The summed E-state index contributed by atoms with van der Waals surface area (Å²) >= 11 is 1.56. The van der Waals surface area contributed by atoms with Crippen molar-refractivity contribution < 1.29 is 13.2 Å². The predicted molar refractivity (Wildman–Crippen MR) is 70.2 cm³/mol. The molecule has 1 aliphatic rings. The molecule has 19 heavy (non-hydrogen) atoms. The van der Waals surface area contributed by atoms with Gasteiger partial charge in [-0.15, -0.1) is 11.3 Å². The van der Waals surface area contributed by atoms with Crippen LogP contribution >= 0.6 is 11.3 Å². The number of hydrogen-bond acceptors (Lipinski definition) is 3. The maximum Gasteiger partial charge on any atom is 0.393 e. The summed E-state index contributed by atoms with van der Waals surface area (Å²) in [6.07, 6.45) is -1.66. The lowest BCUT2D eigenvalue weighted by Crippen LogP contribution is -2.45. The molecule has 1 heterocycles. The van der Waals surface area contributed by atoms with Gasteiger partial charge in [-0.2, -0.15) is 13.2 Å². The van der Waals surface area contributed by atoms with Gasteiger partial charge in [0.15, 0.2) is 0 Å². The van der Waals surface area contributed by atoms with E-state index in [0.29, 0.717) is 19.4 Å². The van der Waals surface area contributed by atoms with Gasteiger partial charge >= 0.3 is 6.18 Å². The zero-order valence-corrected chi connectivity index (χ0v) is 12.0. The molecule has 0 aromatic carbocycles. The topological polar surface area (TPSA) is 24.9 Å². The van der Waals surface area contributed by atoms with Crippen molar-refractivity contribution >= 4 is 11.3 Å². The smallest absolute Gasteiger partial charge is 0.308 e. The minimum Gasteiger partial charge on any atom is -0.308 e. The van der Waals surface area contributed by atoms with Gasteiger partial charge in [0.2, 0.25) is 0 Å². The summed E-state index contributed by atoms with van der Waals surface area (Å²) in [6.45, 7) is 4.32. The zero-order valence-electron chi connectivity index (χ0n) is 11.2. The van der Waals surface area contributed by atoms with Crippen LogP contribution in [-0.4, -0.2) is 17.2 Å². The molecule has 1 saturated carbocycles. The first-order chi connectivity index (χ1) is 8.88. The molecule has 1 N–H and O–H groups in total. The van der Waals surface area contributed by atoms with Crippen LogP contribution in [-0.2, 0) is 6.54 Å². The highest BCUT2D eigenvalue weighted by Crippen LogP contribution is 2.37. The van der Waals surface area contributed by atoms with Gasteiger partial charge in [0.05, 0.1) is 16.6 Å². The van der Waals surface area contributed by atoms with E-state index in [9.17, 15) is 13.2 Å². The molecule has 1 fully saturated rings. The third-order valence-electron chi connectivity index (χ3n) is 3.71. The van der Waals surface area contributed by atoms with Crippen molar-refractivity contribution in [3.8, 4) is 0 Å². The lowest BCUT2D eigenvalue weighted by atomic mass is 9.84. The monoisotopic (exact) mass is 292 g/mol. The van der Waals surface area contributed by atoms with Gasteiger partial charge in [-0.05, 0) is 26.7 Å². The van der Waals surface area contributed by atoms with Crippen LogP contribution in [0.5, 0.6) is 0 Å². The third kappa shape index (κ3) is 3.69. The van der Waals surface area contributed by atoms with Gasteiger partial charge in [-0.25, -0.2) is 4.98 Å². The maximum atomic E-state index is 13.0. The summed E-state index contributed by atoms with van der Waals surface area (Å²) in [7, 11) is 0. The second-order valence-corrected chi connectivity index (χ2v) is 6.45. The number of rotatable bonds is 3. The molecule has 2 unspecified atom stereocenters. The first-order valence-corrected chi connectivity index (χ1v) is 7.42. The number of hydrogen-bond donors (Lipinski definition) is 1. The van der Waals surface area contributed by atoms with Gasteiger partial charge in [-0.1, -0.05) is 12.8 Å². The van der Waals surface area contributed by atoms with Crippen molar-refractivity contribution in [1.29, 1.82) is 0 Å². The normalized spacial score (nSPS) is 24.7. The standard InChI is InChI=1S/C13H19F3N2S/c1-8-12(19-9(2)18-8)7-17-11-6-4-3-5-10(11)13(14,15)16/h10-11,17H,3-7H2,1-2H3. The fourth-order valence-corrected chi connectivity index (χ4v) is 3.62. The molecule has 1 aliphatic carbocycles. The van der Waals surface area contributed by atoms with Crippen LogP contribution in [0.4, 0.5) is 13.2 Å². The Bertz CT molecular complexity index is 428. The number of alkyl halides is 3. The number of thiazole rings is 1. The third-order valence-corrected chi connectivity index (χ3v) is 4.78. The van der Waals surface area contributed by atoms with E-state index in [1.165, 1.54) is 0 Å². The number of aryl methyl sites for hydroxylation is 2. The predicted octanol–water partition coefficient (Wildman–Crippen LogP) is 3.97. The average molecular weight is 292 g/mol. The lowest BCUT2D eigenvalue weighted by molar-refractivity contribution is -0.189. The summed E-state index contributed by atoms with van der Waals surface area (Å²) in [5.41, 5.74) is 0.925. The Morgan fingerprint density at radius 1 is 1.26 bits per heavy atom. The number of aromatic nitrogens is 1. The van der Waals surface area contributed by atoms with Crippen LogP contribution in [0.25, 0.3) is 0 Å². The van der Waals surface area contributed by atoms with Crippen LogP contribution in [0.15, 0.2) is 0 Å². The SMILES string of the molecule is Cc1nc(C)c(CNC2CCCCC2C(F)(F)F)s1. The Morgan fingerprint density at radius 2 is 1.95 bits per heavy atom. The van der Waals surface area contributed by atoms with Crippen LogP contribution in [0.3, 0.4) is 0 Å². The molecule has 2 nitrogen and oxygen atoms in total. The average Bonchev–Trinajstić information content (AvgIpc) is 2.64. The highest BCUT2D eigenvalue weighted by atomic mass is 32.1. The van der Waals surface area contributed by atoms with Gasteiger partial charge in [0.25, 0.3) is 0 Å². The van der Waals surface area contributed by atoms with Gasteiger partial charge in [-0.3, -0.25) is 0 Å². The highest BCUT2D eigenvalue weighted by Gasteiger charge is 2.45. The van der Waals surface area contributed by atoms with Crippen molar-refractivity contribution in [2.45, 2.75) is 58.3 Å². The zero-order chi connectivity index (χ0) is 14.0. The van der Waals surface area contributed by atoms with E-state index in [2.05, 4.69) is 10.3 Å². The number of nitrogens with zero attached hydrogens (tertiary/aromatic N) is 1. The molecule has 0 spiro atoms. The molecule has 6 heteroatoms. The van der Waals surface area contributed by atoms with Crippen molar-refractivity contribution in [1.82, 2.24) is 10.3 Å². The van der Waals surface area contributed by atoms with Gasteiger partial charge in [0, 0.05) is 17.5 Å². The highest BCUT2D eigenvalue weighted by molar-refractivity contribution is 7.11. The second kappa shape index (κ2) is 5.79. The number of nitrogens with one attached hydrogen (secondary N) is 1. The quantitative estimate of drug-likeness (QED) is 0.911. The molecule has 0 saturated heterocycles. The maximum absolute atomic E-state index is 13.0. The Morgan fingerprint density at radius 3 is 2.53 bits per heavy atom. The molecule has 108 valence electrons. The summed E-state index contributed by atoms with van der Waals surface area (Å²) in [5, 5.41) is 4.06. The minimum absolute atomic E-state index is 0.252. The molecule has 0 amide bonds. The van der Waals surface area contributed by atoms with E-state index in [0.717, 1.165) is 22.0 Å². The van der Waals surface area contributed by atoms with Crippen LogP contribution < -0.4 is 5.32 Å². The fourth-order valence-electron chi connectivity index (χ4n) is 2.73. The molecule has 0 bridgehead atoms. The Labute approximate surface area is 115 Å². The van der Waals surface area contributed by atoms with Crippen molar-refractivity contribution in [3.05, 3.63) is 15.6 Å². The summed E-state index contributed by atoms with van der Waals surface area (Å²) in [6, 6.07) is -0.449. The molecule has 0 radical (unpaired) electrons. The largest absolute Gasteiger partial charge is 0.393 e. The molecule has 2 rings (SSSR count). The molecule has 0 aliphatic heterocycles. The lowest BCUT2D eigenvalue weighted by Gasteiger charge is -2.33. The van der Waals surface area contributed by atoms with Crippen molar-refractivity contribution in [3.63, 3.8) is 0 Å². The van der Waals surface area contributed by atoms with Gasteiger partial charge in [0.1, 0.15) is 0 Å². The van der Waals surface area contributed by atoms with E-state index in [-0.39, 0.29) is 6.42 Å². The first-order valence-electron chi connectivity index (χ1n) is 6.61.